The molecule has 2 fully saturated rings. The smallest absolute Gasteiger partial charge is 0.229 e. The Labute approximate surface area is 230 Å². The van der Waals surface area contributed by atoms with Crippen LogP contribution in [0, 0.1) is 5.92 Å². The third-order valence-electron chi connectivity index (χ3n) is 7.14. The Kier molecular flexibility index (Phi) is 8.71. The second-order valence-corrected chi connectivity index (χ2v) is 9.99. The van der Waals surface area contributed by atoms with Crippen LogP contribution >= 0.6 is 0 Å². The van der Waals surface area contributed by atoms with Gasteiger partial charge in [0.1, 0.15) is 5.75 Å². The first-order valence-corrected chi connectivity index (χ1v) is 13.5. The van der Waals surface area contributed by atoms with Gasteiger partial charge in [-0.05, 0) is 60.4 Å². The van der Waals surface area contributed by atoms with E-state index in [0.29, 0.717) is 0 Å². The number of carbonyl (C=O) groups excluding carboxylic acids is 1. The van der Waals surface area contributed by atoms with Crippen molar-refractivity contribution in [1.29, 1.82) is 0 Å². The number of nitrogens with one attached hydrogen (secondary N) is 1. The molecule has 0 atom stereocenters. The molecule has 6 rings (SSSR count). The largest absolute Gasteiger partial charge is 0.497 e. The van der Waals surface area contributed by atoms with Gasteiger partial charge in [-0.1, -0.05) is 48.5 Å². The Bertz CT molecular complexity index is 1390. The van der Waals surface area contributed by atoms with Crippen molar-refractivity contribution >= 4 is 34.6 Å². The van der Waals surface area contributed by atoms with Gasteiger partial charge in [0.25, 0.3) is 0 Å². The number of anilines is 1. The molecule has 0 radical (unpaired) electrons. The lowest BCUT2D eigenvalue weighted by molar-refractivity contribution is -0.119. The van der Waals surface area contributed by atoms with Crippen LogP contribution in [0.5, 0.6) is 5.75 Å². The molecule has 1 aliphatic carbocycles. The number of hydrogen-bond donors (Lipinski definition) is 1. The number of para-hydroxylation sites is 1. The number of H-pyrrole nitrogens is 1. The predicted octanol–water partition coefficient (Wildman–Crippen LogP) is 5.63. The number of hydrogen-bond acceptors (Lipinski definition) is 5. The summed E-state index contributed by atoms with van der Waals surface area (Å²) in [6.07, 6.45) is 6.26. The summed E-state index contributed by atoms with van der Waals surface area (Å²) in [4.78, 5) is 15.9. The molecule has 0 spiro atoms. The number of carbonyl (C=O) groups is 1. The van der Waals surface area contributed by atoms with Crippen molar-refractivity contribution in [2.45, 2.75) is 19.4 Å². The standard InChI is InChI=1S/C20H21N3O.C12H15NO2/c1-2-4-19-18(3-1)20(22-21-19)10-9-16-5-7-17(8-6-16)15-23-11-13-24-14-12-23;1-13(12(14)9-3-4-9)10-5-7-11(15-2)8-6-10/h1-10H,11-15H2,(H,21,22);5-9H,3-4H2,1-2H3/b10-9+;. The van der Waals surface area contributed by atoms with Crippen LogP contribution in [0.2, 0.25) is 0 Å². The van der Waals surface area contributed by atoms with Gasteiger partial charge >= 0.3 is 0 Å². The SMILES string of the molecule is C(=C\c1n[nH]c2ccccc12)/c1ccc(CN2CCOCC2)cc1.COc1ccc(N(C)C(=O)C2CC2)cc1. The van der Waals surface area contributed by atoms with Gasteiger partial charge in [0.2, 0.25) is 5.91 Å². The van der Waals surface area contributed by atoms with E-state index in [1.54, 1.807) is 12.0 Å². The Morgan fingerprint density at radius 2 is 1.74 bits per heavy atom. The molecule has 2 heterocycles. The van der Waals surface area contributed by atoms with Gasteiger partial charge in [-0.2, -0.15) is 5.10 Å². The zero-order chi connectivity index (χ0) is 27.0. The van der Waals surface area contributed by atoms with Gasteiger partial charge in [0.15, 0.2) is 0 Å². The topological polar surface area (TPSA) is 70.7 Å². The van der Waals surface area contributed by atoms with Crippen molar-refractivity contribution in [3.05, 3.63) is 89.6 Å². The molecular weight excluding hydrogens is 488 g/mol. The summed E-state index contributed by atoms with van der Waals surface area (Å²) in [5.41, 5.74) is 5.50. The maximum Gasteiger partial charge on any atom is 0.229 e. The number of benzene rings is 3. The van der Waals surface area contributed by atoms with Crippen LogP contribution in [0.3, 0.4) is 0 Å². The van der Waals surface area contributed by atoms with Crippen molar-refractivity contribution in [2.24, 2.45) is 5.92 Å². The second kappa shape index (κ2) is 12.7. The molecule has 0 unspecified atom stereocenters. The lowest BCUT2D eigenvalue weighted by Gasteiger charge is -2.26. The summed E-state index contributed by atoms with van der Waals surface area (Å²) in [7, 11) is 3.45. The highest BCUT2D eigenvalue weighted by Crippen LogP contribution is 2.32. The van der Waals surface area contributed by atoms with Crippen molar-refractivity contribution in [3.63, 3.8) is 0 Å². The van der Waals surface area contributed by atoms with E-state index < -0.39 is 0 Å². The van der Waals surface area contributed by atoms with E-state index >= 15 is 0 Å². The minimum Gasteiger partial charge on any atom is -0.497 e. The van der Waals surface area contributed by atoms with Gasteiger partial charge < -0.3 is 14.4 Å². The number of ether oxygens (including phenoxy) is 2. The fourth-order valence-corrected chi connectivity index (χ4v) is 4.58. The highest BCUT2D eigenvalue weighted by atomic mass is 16.5. The molecule has 7 nitrogen and oxygen atoms in total. The van der Waals surface area contributed by atoms with E-state index in [-0.39, 0.29) is 11.8 Å². The van der Waals surface area contributed by atoms with Gasteiger partial charge in [0.05, 0.1) is 31.5 Å². The van der Waals surface area contributed by atoms with Crippen LogP contribution in [0.4, 0.5) is 5.69 Å². The Hall–Kier alpha value is -3.94. The van der Waals surface area contributed by atoms with Crippen molar-refractivity contribution in [3.8, 4) is 5.75 Å². The van der Waals surface area contributed by atoms with E-state index in [4.69, 9.17) is 9.47 Å². The third-order valence-corrected chi connectivity index (χ3v) is 7.14. The fraction of sp³-hybridized carbons (Fsp3) is 0.312. The van der Waals surface area contributed by atoms with Crippen LogP contribution in [-0.4, -0.2) is 61.5 Å². The average molecular weight is 525 g/mol. The maximum absolute atomic E-state index is 11.8. The van der Waals surface area contributed by atoms with Crippen LogP contribution in [-0.2, 0) is 16.1 Å². The minimum absolute atomic E-state index is 0.222. The Balaban J connectivity index is 0.000000177. The number of nitrogens with zero attached hydrogens (tertiary/aromatic N) is 3. The van der Waals surface area contributed by atoms with E-state index in [0.717, 1.165) is 73.7 Å². The molecule has 2 aliphatic rings. The molecule has 1 aromatic heterocycles. The quantitative estimate of drug-likeness (QED) is 0.339. The normalized spacial score (nSPS) is 15.6. The monoisotopic (exact) mass is 524 g/mol. The van der Waals surface area contributed by atoms with E-state index in [9.17, 15) is 4.79 Å². The molecule has 1 saturated carbocycles. The van der Waals surface area contributed by atoms with E-state index in [2.05, 4.69) is 57.6 Å². The average Bonchev–Trinajstić information content (AvgIpc) is 3.77. The minimum atomic E-state index is 0.222. The molecule has 1 aliphatic heterocycles. The van der Waals surface area contributed by atoms with Gasteiger partial charge in [-0.25, -0.2) is 0 Å². The number of morpholine rings is 1. The molecule has 7 heteroatoms. The number of aromatic nitrogens is 2. The molecule has 39 heavy (non-hydrogen) atoms. The van der Waals surface area contributed by atoms with Crippen LogP contribution in [0.15, 0.2) is 72.8 Å². The number of methoxy groups -OCH3 is 1. The third kappa shape index (κ3) is 7.13. The van der Waals surface area contributed by atoms with Crippen molar-refractivity contribution in [2.75, 3.05) is 45.4 Å². The molecule has 0 bridgehead atoms. The lowest BCUT2D eigenvalue weighted by Crippen LogP contribution is -2.35. The first-order chi connectivity index (χ1) is 19.1. The summed E-state index contributed by atoms with van der Waals surface area (Å²) >= 11 is 0. The highest BCUT2D eigenvalue weighted by molar-refractivity contribution is 5.96. The summed E-state index contributed by atoms with van der Waals surface area (Å²) in [5.74, 6) is 1.29. The van der Waals surface area contributed by atoms with Gasteiger partial charge in [-0.3, -0.25) is 14.8 Å². The van der Waals surface area contributed by atoms with Crippen LogP contribution in [0.1, 0.15) is 29.7 Å². The number of aromatic amines is 1. The van der Waals surface area contributed by atoms with Gasteiger partial charge in [-0.15, -0.1) is 0 Å². The van der Waals surface area contributed by atoms with E-state index in [1.807, 2.05) is 49.5 Å². The maximum atomic E-state index is 11.8. The molecule has 1 saturated heterocycles. The predicted molar refractivity (Wildman–Crippen MR) is 157 cm³/mol. The zero-order valence-electron chi connectivity index (χ0n) is 22.7. The zero-order valence-corrected chi connectivity index (χ0v) is 22.7. The first-order valence-electron chi connectivity index (χ1n) is 13.5. The summed E-state index contributed by atoms with van der Waals surface area (Å²) in [6.45, 7) is 4.73. The number of amides is 1. The summed E-state index contributed by atoms with van der Waals surface area (Å²) in [5, 5.41) is 8.59. The fourth-order valence-electron chi connectivity index (χ4n) is 4.58. The van der Waals surface area contributed by atoms with Crippen molar-refractivity contribution in [1.82, 2.24) is 15.1 Å². The second-order valence-electron chi connectivity index (χ2n) is 9.99. The number of fused-ring (bicyclic) bond motifs is 1. The summed E-state index contributed by atoms with van der Waals surface area (Å²) < 4.78 is 10.5. The first kappa shape index (κ1) is 26.7. The molecular formula is C32H36N4O3. The Morgan fingerprint density at radius 1 is 1.03 bits per heavy atom. The van der Waals surface area contributed by atoms with Crippen molar-refractivity contribution < 1.29 is 14.3 Å². The summed E-state index contributed by atoms with van der Waals surface area (Å²) in [6, 6.07) is 24.5. The number of rotatable bonds is 7. The van der Waals surface area contributed by atoms with E-state index in [1.165, 1.54) is 11.1 Å². The molecule has 4 aromatic rings. The van der Waals surface area contributed by atoms with Gasteiger partial charge in [0, 0.05) is 43.7 Å². The molecule has 1 N–H and O–H groups in total. The van der Waals surface area contributed by atoms with Crippen LogP contribution in [0.25, 0.3) is 23.1 Å². The lowest BCUT2D eigenvalue weighted by atomic mass is 10.1. The highest BCUT2D eigenvalue weighted by Gasteiger charge is 2.32. The molecule has 1 amide bonds. The molecule has 202 valence electrons. The Morgan fingerprint density at radius 3 is 2.44 bits per heavy atom. The molecule has 3 aromatic carbocycles. The van der Waals surface area contributed by atoms with Crippen LogP contribution < -0.4 is 9.64 Å².